The van der Waals surface area contributed by atoms with Gasteiger partial charge < -0.3 is 4.90 Å². The monoisotopic (exact) mass is 339 g/mol. The second-order valence-corrected chi connectivity index (χ2v) is 8.49. The molecular formula is C23H49N. The lowest BCUT2D eigenvalue weighted by atomic mass is 9.87. The van der Waals surface area contributed by atoms with Crippen molar-refractivity contribution in [2.45, 2.75) is 135 Å². The van der Waals surface area contributed by atoms with Crippen molar-refractivity contribution < 1.29 is 0 Å². The van der Waals surface area contributed by atoms with Gasteiger partial charge >= 0.3 is 0 Å². The van der Waals surface area contributed by atoms with Crippen molar-refractivity contribution >= 4 is 0 Å². The molecule has 0 radical (unpaired) electrons. The first-order chi connectivity index (χ1) is 11.6. The Morgan fingerprint density at radius 2 is 0.792 bits per heavy atom. The van der Waals surface area contributed by atoms with E-state index in [4.69, 9.17) is 0 Å². The normalized spacial score (nSPS) is 14.2. The highest BCUT2D eigenvalue weighted by Gasteiger charge is 2.25. The van der Waals surface area contributed by atoms with Crippen LogP contribution in [0.4, 0.5) is 0 Å². The summed E-state index contributed by atoms with van der Waals surface area (Å²) < 4.78 is 0. The van der Waals surface area contributed by atoms with Crippen LogP contribution in [-0.2, 0) is 0 Å². The second kappa shape index (κ2) is 16.4. The maximum absolute atomic E-state index is 2.49. The van der Waals surface area contributed by atoms with Gasteiger partial charge in [-0.15, -0.1) is 0 Å². The van der Waals surface area contributed by atoms with Crippen LogP contribution in [-0.4, -0.2) is 24.5 Å². The molecule has 1 heteroatoms. The first kappa shape index (κ1) is 24.0. The minimum absolute atomic E-state index is 0.422. The molecule has 0 aliphatic rings. The summed E-state index contributed by atoms with van der Waals surface area (Å²) in [6.45, 7) is 7.09. The number of unbranched alkanes of at least 4 members (excludes halogenated alkanes) is 13. The number of rotatable bonds is 18. The summed E-state index contributed by atoms with van der Waals surface area (Å²) in [5.41, 5.74) is 0.422. The molecular weight excluding hydrogens is 290 g/mol. The standard InChI is InChI=1S/C23H49N/c1-6-8-10-12-14-16-18-20-22-23(3,24(4)5)21-19-17-15-13-11-9-7-2/h6-22H2,1-5H3. The summed E-state index contributed by atoms with van der Waals surface area (Å²) in [4.78, 5) is 2.49. The predicted octanol–water partition coefficient (Wildman–Crippen LogP) is 7.98. The van der Waals surface area contributed by atoms with Gasteiger partial charge in [-0.25, -0.2) is 0 Å². The maximum atomic E-state index is 2.49. The molecule has 0 saturated heterocycles. The van der Waals surface area contributed by atoms with Gasteiger partial charge in [0.05, 0.1) is 0 Å². The average molecular weight is 340 g/mol. The Bertz CT molecular complexity index is 248. The van der Waals surface area contributed by atoms with Crippen LogP contribution in [0.2, 0.25) is 0 Å². The Hall–Kier alpha value is -0.0400. The largest absolute Gasteiger partial charge is 0.304 e. The Morgan fingerprint density at radius 1 is 0.500 bits per heavy atom. The van der Waals surface area contributed by atoms with Crippen LogP contribution in [0.3, 0.4) is 0 Å². The fourth-order valence-electron chi connectivity index (χ4n) is 3.67. The predicted molar refractivity (Wildman–Crippen MR) is 112 cm³/mol. The van der Waals surface area contributed by atoms with Crippen LogP contribution in [0, 0.1) is 0 Å². The van der Waals surface area contributed by atoms with Crippen molar-refractivity contribution in [3.05, 3.63) is 0 Å². The van der Waals surface area contributed by atoms with Crippen LogP contribution in [0.5, 0.6) is 0 Å². The molecule has 0 bridgehead atoms. The third-order valence-electron chi connectivity index (χ3n) is 5.97. The molecule has 0 fully saturated rings. The lowest BCUT2D eigenvalue weighted by Gasteiger charge is -2.37. The Morgan fingerprint density at radius 3 is 1.08 bits per heavy atom. The molecule has 0 aromatic carbocycles. The van der Waals surface area contributed by atoms with Crippen LogP contribution < -0.4 is 0 Å². The van der Waals surface area contributed by atoms with Crippen molar-refractivity contribution in [2.24, 2.45) is 0 Å². The summed E-state index contributed by atoms with van der Waals surface area (Å²) in [5.74, 6) is 0. The molecule has 0 aliphatic heterocycles. The zero-order valence-electron chi connectivity index (χ0n) is 18.0. The molecule has 0 heterocycles. The van der Waals surface area contributed by atoms with E-state index < -0.39 is 0 Å². The van der Waals surface area contributed by atoms with Gasteiger partial charge in [-0.2, -0.15) is 0 Å². The molecule has 0 spiro atoms. The van der Waals surface area contributed by atoms with Crippen LogP contribution >= 0.6 is 0 Å². The first-order valence-corrected chi connectivity index (χ1v) is 11.2. The van der Waals surface area contributed by atoms with Gasteiger partial charge in [-0.05, 0) is 33.9 Å². The van der Waals surface area contributed by atoms with Gasteiger partial charge in [-0.1, -0.05) is 110 Å². The first-order valence-electron chi connectivity index (χ1n) is 11.2. The topological polar surface area (TPSA) is 3.24 Å². The molecule has 0 aromatic rings. The smallest absolute Gasteiger partial charge is 0.0175 e. The van der Waals surface area contributed by atoms with Gasteiger partial charge in [0.15, 0.2) is 0 Å². The van der Waals surface area contributed by atoms with Crippen LogP contribution in [0.15, 0.2) is 0 Å². The molecule has 1 unspecified atom stereocenters. The zero-order valence-corrected chi connectivity index (χ0v) is 18.0. The van der Waals surface area contributed by atoms with Crippen molar-refractivity contribution in [3.63, 3.8) is 0 Å². The third kappa shape index (κ3) is 13.3. The number of hydrogen-bond donors (Lipinski definition) is 0. The third-order valence-corrected chi connectivity index (χ3v) is 5.97. The van der Waals surface area contributed by atoms with Crippen molar-refractivity contribution in [1.82, 2.24) is 4.90 Å². The highest BCUT2D eigenvalue weighted by atomic mass is 15.1. The molecule has 0 aliphatic carbocycles. The van der Waals surface area contributed by atoms with E-state index in [9.17, 15) is 0 Å². The maximum Gasteiger partial charge on any atom is 0.0175 e. The fourth-order valence-corrected chi connectivity index (χ4v) is 3.67. The zero-order chi connectivity index (χ0) is 18.1. The summed E-state index contributed by atoms with van der Waals surface area (Å²) in [6.07, 6.45) is 24.2. The second-order valence-electron chi connectivity index (χ2n) is 8.49. The highest BCUT2D eigenvalue weighted by Crippen LogP contribution is 2.27. The summed E-state index contributed by atoms with van der Waals surface area (Å²) >= 11 is 0. The Labute approximate surface area is 155 Å². The van der Waals surface area contributed by atoms with E-state index >= 15 is 0 Å². The fraction of sp³-hybridized carbons (Fsp3) is 1.00. The van der Waals surface area contributed by atoms with E-state index in [-0.39, 0.29) is 0 Å². The average Bonchev–Trinajstić information content (AvgIpc) is 2.56. The van der Waals surface area contributed by atoms with Crippen molar-refractivity contribution in [3.8, 4) is 0 Å². The van der Waals surface area contributed by atoms with Gasteiger partial charge in [-0.3, -0.25) is 0 Å². The molecule has 1 atom stereocenters. The molecule has 146 valence electrons. The van der Waals surface area contributed by atoms with E-state index in [0.717, 1.165) is 0 Å². The van der Waals surface area contributed by atoms with Gasteiger partial charge in [0, 0.05) is 5.54 Å². The Kier molecular flexibility index (Phi) is 16.4. The molecule has 24 heavy (non-hydrogen) atoms. The highest BCUT2D eigenvalue weighted by molar-refractivity contribution is 4.82. The SMILES string of the molecule is CCCCCCCCCCC(C)(CCCCCCCCC)N(C)C. The molecule has 0 N–H and O–H groups in total. The Balaban J connectivity index is 3.72. The minimum Gasteiger partial charge on any atom is -0.304 e. The van der Waals surface area contributed by atoms with E-state index in [2.05, 4.69) is 39.8 Å². The molecule has 0 aromatic heterocycles. The van der Waals surface area contributed by atoms with Crippen LogP contribution in [0.25, 0.3) is 0 Å². The van der Waals surface area contributed by atoms with E-state index in [1.807, 2.05) is 0 Å². The van der Waals surface area contributed by atoms with Crippen molar-refractivity contribution in [1.29, 1.82) is 0 Å². The van der Waals surface area contributed by atoms with E-state index in [1.165, 1.54) is 109 Å². The number of nitrogens with zero attached hydrogens (tertiary/aromatic N) is 1. The molecule has 0 saturated carbocycles. The van der Waals surface area contributed by atoms with Gasteiger partial charge in [0.2, 0.25) is 0 Å². The van der Waals surface area contributed by atoms with Gasteiger partial charge in [0.25, 0.3) is 0 Å². The molecule has 1 nitrogen and oxygen atoms in total. The molecule has 0 rings (SSSR count). The lowest BCUT2D eigenvalue weighted by Crippen LogP contribution is -2.41. The minimum atomic E-state index is 0.422. The lowest BCUT2D eigenvalue weighted by molar-refractivity contribution is 0.139. The summed E-state index contributed by atoms with van der Waals surface area (Å²) in [5, 5.41) is 0. The van der Waals surface area contributed by atoms with Gasteiger partial charge in [0.1, 0.15) is 0 Å². The summed E-state index contributed by atoms with van der Waals surface area (Å²) in [7, 11) is 4.57. The summed E-state index contributed by atoms with van der Waals surface area (Å²) in [6, 6.07) is 0. The molecule has 0 amide bonds. The van der Waals surface area contributed by atoms with E-state index in [1.54, 1.807) is 0 Å². The number of hydrogen-bond acceptors (Lipinski definition) is 1. The quantitative estimate of drug-likeness (QED) is 0.229. The van der Waals surface area contributed by atoms with E-state index in [0.29, 0.717) is 5.54 Å². The van der Waals surface area contributed by atoms with Crippen molar-refractivity contribution in [2.75, 3.05) is 14.1 Å². The van der Waals surface area contributed by atoms with Crippen LogP contribution in [0.1, 0.15) is 130 Å².